The van der Waals surface area contributed by atoms with Gasteiger partial charge in [0.2, 0.25) is 5.91 Å². The van der Waals surface area contributed by atoms with Crippen LogP contribution in [-0.4, -0.2) is 33.6 Å². The number of hydrogen-bond acceptors (Lipinski definition) is 6. The van der Waals surface area contributed by atoms with Gasteiger partial charge < -0.3 is 4.90 Å². The molecule has 1 amide bonds. The molecule has 7 heteroatoms. The minimum Gasteiger partial charge on any atom is -0.336 e. The number of aromatic nitrogens is 2. The molecule has 0 aliphatic heterocycles. The van der Waals surface area contributed by atoms with Crippen molar-refractivity contribution in [3.05, 3.63) is 53.5 Å². The Kier molecular flexibility index (Phi) is 4.93. The van der Waals surface area contributed by atoms with Crippen molar-refractivity contribution in [1.82, 2.24) is 14.9 Å². The van der Waals surface area contributed by atoms with Crippen molar-refractivity contribution in [2.24, 2.45) is 0 Å². The second-order valence-electron chi connectivity index (χ2n) is 5.94. The summed E-state index contributed by atoms with van der Waals surface area (Å²) in [7, 11) is 1.85. The van der Waals surface area contributed by atoms with Gasteiger partial charge in [-0.3, -0.25) is 4.79 Å². The molecule has 0 N–H and O–H groups in total. The lowest BCUT2D eigenvalue weighted by Gasteiger charge is -2.22. The molecule has 0 aliphatic carbocycles. The highest BCUT2D eigenvalue weighted by Crippen LogP contribution is 2.31. The Bertz CT molecular complexity index is 1010. The van der Waals surface area contributed by atoms with Gasteiger partial charge in [-0.05, 0) is 31.2 Å². The van der Waals surface area contributed by atoms with Crippen LogP contribution in [0.25, 0.3) is 20.4 Å². The minimum atomic E-state index is -0.0455. The Morgan fingerprint density at radius 3 is 2.31 bits per heavy atom. The molecule has 0 saturated carbocycles. The van der Waals surface area contributed by atoms with Crippen molar-refractivity contribution < 1.29 is 4.79 Å². The van der Waals surface area contributed by atoms with Crippen molar-refractivity contribution in [1.29, 1.82) is 0 Å². The number of rotatable bonds is 5. The first-order chi connectivity index (χ1) is 12.6. The van der Waals surface area contributed by atoms with E-state index in [0.29, 0.717) is 5.75 Å². The Morgan fingerprint density at radius 2 is 1.65 bits per heavy atom. The molecule has 2 aromatic carbocycles. The SMILES string of the molecule is C[C@H](c1nc2ccccc2s1)N(C)C(=O)CSc1nc2ccccc2s1. The fraction of sp³-hybridized carbons (Fsp3) is 0.211. The van der Waals surface area contributed by atoms with E-state index in [1.165, 1.54) is 11.8 Å². The van der Waals surface area contributed by atoms with Crippen LogP contribution in [0.1, 0.15) is 18.0 Å². The van der Waals surface area contributed by atoms with Crippen molar-refractivity contribution in [2.45, 2.75) is 17.3 Å². The number of benzene rings is 2. The Labute approximate surface area is 163 Å². The van der Waals surface area contributed by atoms with Crippen LogP contribution in [-0.2, 0) is 4.79 Å². The van der Waals surface area contributed by atoms with Gasteiger partial charge in [0.1, 0.15) is 5.01 Å². The molecule has 4 nitrogen and oxygen atoms in total. The summed E-state index contributed by atoms with van der Waals surface area (Å²) < 4.78 is 3.23. The lowest BCUT2D eigenvalue weighted by molar-refractivity contribution is -0.128. The second-order valence-corrected chi connectivity index (χ2v) is 9.25. The molecule has 0 saturated heterocycles. The maximum absolute atomic E-state index is 12.6. The van der Waals surface area contributed by atoms with Crippen LogP contribution in [0.4, 0.5) is 0 Å². The number of thiazole rings is 2. The zero-order chi connectivity index (χ0) is 18.1. The minimum absolute atomic E-state index is 0.0455. The van der Waals surface area contributed by atoms with E-state index in [-0.39, 0.29) is 11.9 Å². The van der Waals surface area contributed by atoms with E-state index in [1.807, 2.05) is 50.4 Å². The largest absolute Gasteiger partial charge is 0.336 e. The Balaban J connectivity index is 1.43. The topological polar surface area (TPSA) is 46.1 Å². The molecule has 0 spiro atoms. The molecule has 4 aromatic rings. The third kappa shape index (κ3) is 3.47. The molecule has 4 rings (SSSR count). The second kappa shape index (κ2) is 7.34. The molecule has 2 heterocycles. The van der Waals surface area contributed by atoms with Gasteiger partial charge in [-0.25, -0.2) is 9.97 Å². The fourth-order valence-electron chi connectivity index (χ4n) is 2.59. The molecule has 26 heavy (non-hydrogen) atoms. The van der Waals surface area contributed by atoms with Crippen LogP contribution in [0.5, 0.6) is 0 Å². The van der Waals surface area contributed by atoms with E-state index in [9.17, 15) is 4.79 Å². The molecule has 0 radical (unpaired) electrons. The van der Waals surface area contributed by atoms with E-state index in [2.05, 4.69) is 22.1 Å². The highest BCUT2D eigenvalue weighted by molar-refractivity contribution is 8.01. The third-order valence-electron chi connectivity index (χ3n) is 4.24. The van der Waals surface area contributed by atoms with E-state index >= 15 is 0 Å². The molecule has 0 unspecified atom stereocenters. The highest BCUT2D eigenvalue weighted by atomic mass is 32.2. The number of hydrogen-bond donors (Lipinski definition) is 0. The average Bonchev–Trinajstić information content (AvgIpc) is 3.28. The molecule has 0 aliphatic rings. The van der Waals surface area contributed by atoms with Crippen molar-refractivity contribution in [3.8, 4) is 0 Å². The first-order valence-corrected chi connectivity index (χ1v) is 10.8. The quantitative estimate of drug-likeness (QED) is 0.432. The highest BCUT2D eigenvalue weighted by Gasteiger charge is 2.21. The monoisotopic (exact) mass is 399 g/mol. The summed E-state index contributed by atoms with van der Waals surface area (Å²) in [6.45, 7) is 2.03. The molecule has 1 atom stereocenters. The molecular weight excluding hydrogens is 382 g/mol. The van der Waals surface area contributed by atoms with Gasteiger partial charge in [0.25, 0.3) is 0 Å². The summed E-state index contributed by atoms with van der Waals surface area (Å²) in [5.41, 5.74) is 1.98. The first-order valence-electron chi connectivity index (χ1n) is 8.21. The zero-order valence-corrected chi connectivity index (χ0v) is 16.8. The number of nitrogens with zero attached hydrogens (tertiary/aromatic N) is 3. The van der Waals surface area contributed by atoms with Crippen molar-refractivity contribution in [2.75, 3.05) is 12.8 Å². The number of fused-ring (bicyclic) bond motifs is 2. The summed E-state index contributed by atoms with van der Waals surface area (Å²) in [6, 6.07) is 16.1. The number of carbonyl (C=O) groups is 1. The molecule has 2 aromatic heterocycles. The maximum Gasteiger partial charge on any atom is 0.233 e. The number of carbonyl (C=O) groups excluding carboxylic acids is 1. The predicted molar refractivity (Wildman–Crippen MR) is 111 cm³/mol. The fourth-order valence-corrected chi connectivity index (χ4v) is 5.64. The first kappa shape index (κ1) is 17.5. The standard InChI is InChI=1S/C19H17N3OS3/c1-12(18-20-13-7-3-5-9-15(13)25-18)22(2)17(23)11-24-19-21-14-8-4-6-10-16(14)26-19/h3-10,12H,11H2,1-2H3/t12-/m1/s1. The smallest absolute Gasteiger partial charge is 0.233 e. The van der Waals surface area contributed by atoms with E-state index < -0.39 is 0 Å². The normalized spacial score (nSPS) is 12.5. The van der Waals surface area contributed by atoms with Gasteiger partial charge in [-0.1, -0.05) is 36.0 Å². The average molecular weight is 400 g/mol. The van der Waals surface area contributed by atoms with Gasteiger partial charge in [0.15, 0.2) is 4.34 Å². The Hall–Kier alpha value is -1.96. The van der Waals surface area contributed by atoms with Crippen LogP contribution in [0, 0.1) is 0 Å². The van der Waals surface area contributed by atoms with Gasteiger partial charge >= 0.3 is 0 Å². The Morgan fingerprint density at radius 1 is 1.04 bits per heavy atom. The molecule has 0 bridgehead atoms. The van der Waals surface area contributed by atoms with E-state index in [4.69, 9.17) is 0 Å². The van der Waals surface area contributed by atoms with Gasteiger partial charge in [0, 0.05) is 7.05 Å². The van der Waals surface area contributed by atoms with Crippen LogP contribution in [0.15, 0.2) is 52.9 Å². The molecule has 0 fully saturated rings. The number of amides is 1. The number of thioether (sulfide) groups is 1. The van der Waals surface area contributed by atoms with Crippen molar-refractivity contribution in [3.63, 3.8) is 0 Å². The van der Waals surface area contributed by atoms with Crippen LogP contribution in [0.2, 0.25) is 0 Å². The lowest BCUT2D eigenvalue weighted by Crippen LogP contribution is -2.31. The molecular formula is C19H17N3OS3. The van der Waals surface area contributed by atoms with Gasteiger partial charge in [-0.2, -0.15) is 0 Å². The van der Waals surface area contributed by atoms with Crippen molar-refractivity contribution >= 4 is 60.8 Å². The lowest BCUT2D eigenvalue weighted by atomic mass is 10.3. The predicted octanol–water partition coefficient (Wildman–Crippen LogP) is 5.22. The summed E-state index contributed by atoms with van der Waals surface area (Å²) in [5, 5.41) is 0.965. The van der Waals surface area contributed by atoms with E-state index in [1.54, 1.807) is 27.6 Å². The summed E-state index contributed by atoms with van der Waals surface area (Å²) >= 11 is 4.78. The van der Waals surface area contributed by atoms with Crippen LogP contribution in [0.3, 0.4) is 0 Å². The van der Waals surface area contributed by atoms with E-state index in [0.717, 1.165) is 29.8 Å². The van der Waals surface area contributed by atoms with Crippen LogP contribution < -0.4 is 0 Å². The van der Waals surface area contributed by atoms with Gasteiger partial charge in [0.05, 0.1) is 32.2 Å². The summed E-state index contributed by atoms with van der Waals surface area (Å²) in [4.78, 5) is 23.6. The van der Waals surface area contributed by atoms with Gasteiger partial charge in [-0.15, -0.1) is 22.7 Å². The number of para-hydroxylation sites is 2. The summed E-state index contributed by atoms with van der Waals surface area (Å²) in [6.07, 6.45) is 0. The zero-order valence-electron chi connectivity index (χ0n) is 14.4. The maximum atomic E-state index is 12.6. The van der Waals surface area contributed by atoms with Crippen LogP contribution >= 0.6 is 34.4 Å². The summed E-state index contributed by atoms with van der Waals surface area (Å²) in [5.74, 6) is 0.465. The third-order valence-corrected chi connectivity index (χ3v) is 7.61. The molecule has 132 valence electrons.